The van der Waals surface area contributed by atoms with Crippen LogP contribution in [0.2, 0.25) is 5.04 Å². The Morgan fingerprint density at radius 1 is 0.794 bits per heavy atom. The van der Waals surface area contributed by atoms with Gasteiger partial charge in [-0.25, -0.2) is 0 Å². The summed E-state index contributed by atoms with van der Waals surface area (Å²) in [6, 6.07) is 21.4. The van der Waals surface area contributed by atoms with Gasteiger partial charge in [0.2, 0.25) is 0 Å². The summed E-state index contributed by atoms with van der Waals surface area (Å²) in [5.74, 6) is 0.359. The number of aliphatic hydroxyl groups excluding tert-OH is 1. The number of benzene rings is 2. The predicted octanol–water partition coefficient (Wildman–Crippen LogP) is 6.41. The highest BCUT2D eigenvalue weighted by molar-refractivity contribution is 6.99. The molecule has 0 amide bonds. The molecule has 2 rings (SSSR count). The second-order valence-electron chi connectivity index (χ2n) is 10.6. The van der Waals surface area contributed by atoms with Crippen molar-refractivity contribution in [3.8, 4) is 0 Å². The quantitative estimate of drug-likeness (QED) is 0.222. The predicted molar refractivity (Wildman–Crippen MR) is 146 cm³/mol. The van der Waals surface area contributed by atoms with Gasteiger partial charge in [0, 0.05) is 25.6 Å². The molecule has 0 aliphatic rings. The molecule has 0 saturated carbocycles. The minimum Gasteiger partial charge on any atom is -0.405 e. The molecule has 188 valence electrons. The Bertz CT molecular complexity index is 774. The second-order valence-corrected chi connectivity index (χ2v) is 14.9. The molecule has 1 unspecified atom stereocenters. The molecule has 2 aromatic carbocycles. The monoisotopic (exact) mass is 482 g/mol. The molecule has 0 radical (unpaired) electrons. The standard InChI is InChI=1S/C30H46O3Si/c1-26(23-24-27(32)18-12-8-6-5-7-9-17-25-31)33-34(30(2,3)4,28-19-13-10-14-20-28)29-21-15-11-16-22-29/h10-11,13-16,19-22,26,31H,5-9,12,17-18,23-25H2,1-4H3. The van der Waals surface area contributed by atoms with Crippen LogP contribution in [0.3, 0.4) is 0 Å². The van der Waals surface area contributed by atoms with Gasteiger partial charge in [-0.15, -0.1) is 0 Å². The number of unbranched alkanes of at least 4 members (excludes halogenated alkanes) is 6. The van der Waals surface area contributed by atoms with Crippen molar-refractivity contribution < 1.29 is 14.3 Å². The molecule has 34 heavy (non-hydrogen) atoms. The summed E-state index contributed by atoms with van der Waals surface area (Å²) < 4.78 is 7.08. The lowest BCUT2D eigenvalue weighted by molar-refractivity contribution is -0.119. The van der Waals surface area contributed by atoms with Crippen LogP contribution in [0.1, 0.15) is 91.9 Å². The first-order valence-corrected chi connectivity index (χ1v) is 15.1. The maximum Gasteiger partial charge on any atom is 0.261 e. The van der Waals surface area contributed by atoms with Crippen LogP contribution in [-0.4, -0.2) is 31.9 Å². The summed E-state index contributed by atoms with van der Waals surface area (Å²) in [6.45, 7) is 9.31. The minimum absolute atomic E-state index is 0.0155. The van der Waals surface area contributed by atoms with Crippen LogP contribution in [0.4, 0.5) is 0 Å². The van der Waals surface area contributed by atoms with Gasteiger partial charge in [0.25, 0.3) is 8.32 Å². The summed E-state index contributed by atoms with van der Waals surface area (Å²) in [5.41, 5.74) is 0. The van der Waals surface area contributed by atoms with Crippen molar-refractivity contribution in [3.63, 3.8) is 0 Å². The normalized spacial score (nSPS) is 13.1. The van der Waals surface area contributed by atoms with Gasteiger partial charge in [0.1, 0.15) is 5.78 Å². The van der Waals surface area contributed by atoms with E-state index in [1.807, 2.05) is 0 Å². The first kappa shape index (κ1) is 28.5. The van der Waals surface area contributed by atoms with Gasteiger partial charge in [-0.05, 0) is 41.6 Å². The molecule has 3 nitrogen and oxygen atoms in total. The number of hydrogen-bond acceptors (Lipinski definition) is 3. The highest BCUT2D eigenvalue weighted by Crippen LogP contribution is 2.37. The lowest BCUT2D eigenvalue weighted by Gasteiger charge is -2.44. The summed E-state index contributed by atoms with van der Waals surface area (Å²) in [4.78, 5) is 12.6. The molecule has 0 bridgehead atoms. The zero-order valence-electron chi connectivity index (χ0n) is 21.9. The number of hydrogen-bond donors (Lipinski definition) is 1. The van der Waals surface area contributed by atoms with Crippen molar-refractivity contribution in [3.05, 3.63) is 60.7 Å². The van der Waals surface area contributed by atoms with Crippen molar-refractivity contribution >= 4 is 24.5 Å². The minimum atomic E-state index is -2.56. The molecule has 0 saturated heterocycles. The largest absolute Gasteiger partial charge is 0.405 e. The fourth-order valence-corrected chi connectivity index (χ4v) is 9.60. The average molecular weight is 483 g/mol. The Labute approximate surface area is 209 Å². The van der Waals surface area contributed by atoms with E-state index in [9.17, 15) is 4.79 Å². The number of carbonyl (C=O) groups is 1. The Kier molecular flexibility index (Phi) is 12.2. The molecule has 0 spiro atoms. The molecule has 0 fully saturated rings. The van der Waals surface area contributed by atoms with E-state index in [-0.39, 0.29) is 11.1 Å². The van der Waals surface area contributed by atoms with Crippen LogP contribution in [0, 0.1) is 0 Å². The smallest absolute Gasteiger partial charge is 0.261 e. The Morgan fingerprint density at radius 3 is 1.74 bits per heavy atom. The van der Waals surface area contributed by atoms with Gasteiger partial charge in [-0.2, -0.15) is 0 Å². The first-order valence-electron chi connectivity index (χ1n) is 13.2. The molecular weight excluding hydrogens is 436 g/mol. The lowest BCUT2D eigenvalue weighted by Crippen LogP contribution is -2.67. The third kappa shape index (κ3) is 8.48. The first-order chi connectivity index (χ1) is 16.3. The van der Waals surface area contributed by atoms with Crippen molar-refractivity contribution in [1.29, 1.82) is 0 Å². The lowest BCUT2D eigenvalue weighted by atomic mass is 10.0. The van der Waals surface area contributed by atoms with Gasteiger partial charge < -0.3 is 9.53 Å². The fourth-order valence-electron chi connectivity index (χ4n) is 4.86. The van der Waals surface area contributed by atoms with Gasteiger partial charge in [0.15, 0.2) is 0 Å². The second kappa shape index (κ2) is 14.6. The van der Waals surface area contributed by atoms with E-state index in [1.54, 1.807) is 0 Å². The maximum atomic E-state index is 12.6. The van der Waals surface area contributed by atoms with E-state index in [4.69, 9.17) is 9.53 Å². The average Bonchev–Trinajstić information content (AvgIpc) is 2.83. The summed E-state index contributed by atoms with van der Waals surface area (Å²) in [5, 5.41) is 11.3. The Hall–Kier alpha value is -1.75. The molecule has 2 aromatic rings. The van der Waals surface area contributed by atoms with Crippen molar-refractivity contribution in [2.45, 2.75) is 103 Å². The van der Waals surface area contributed by atoms with E-state index in [1.165, 1.54) is 29.6 Å². The molecule has 0 aliphatic carbocycles. The maximum absolute atomic E-state index is 12.6. The zero-order valence-corrected chi connectivity index (χ0v) is 22.9. The number of aliphatic hydroxyl groups is 1. The number of carbonyl (C=O) groups excluding carboxylic acids is 1. The Morgan fingerprint density at radius 2 is 1.26 bits per heavy atom. The molecule has 0 heterocycles. The van der Waals surface area contributed by atoms with Crippen LogP contribution in [0.25, 0.3) is 0 Å². The highest BCUT2D eigenvalue weighted by Gasteiger charge is 2.50. The van der Waals surface area contributed by atoms with Crippen LogP contribution in [0.5, 0.6) is 0 Å². The van der Waals surface area contributed by atoms with Crippen molar-refractivity contribution in [2.24, 2.45) is 0 Å². The van der Waals surface area contributed by atoms with E-state index in [0.717, 1.165) is 32.1 Å². The summed E-state index contributed by atoms with van der Waals surface area (Å²) >= 11 is 0. The molecular formula is C30H46O3Si. The van der Waals surface area contributed by atoms with Crippen molar-refractivity contribution in [2.75, 3.05) is 6.61 Å². The molecule has 4 heteroatoms. The van der Waals surface area contributed by atoms with E-state index >= 15 is 0 Å². The number of ketones is 1. The third-order valence-electron chi connectivity index (χ3n) is 6.74. The third-order valence-corrected chi connectivity index (χ3v) is 11.9. The number of Topliss-reactive ketones (excluding diaryl/α,β-unsaturated/α-hetero) is 1. The molecule has 0 aliphatic heterocycles. The van der Waals surface area contributed by atoms with E-state index < -0.39 is 8.32 Å². The molecule has 1 N–H and O–H groups in total. The number of rotatable bonds is 16. The fraction of sp³-hybridized carbons (Fsp3) is 0.567. The highest BCUT2D eigenvalue weighted by atomic mass is 28.4. The summed E-state index contributed by atoms with van der Waals surface area (Å²) in [7, 11) is -2.56. The van der Waals surface area contributed by atoms with Crippen LogP contribution < -0.4 is 10.4 Å². The Balaban J connectivity index is 1.96. The van der Waals surface area contributed by atoms with Crippen LogP contribution in [-0.2, 0) is 9.22 Å². The SMILES string of the molecule is CC(CCC(=O)CCCCCCCCCO)O[Si](c1ccccc1)(c1ccccc1)C(C)(C)C. The van der Waals surface area contributed by atoms with Crippen molar-refractivity contribution in [1.82, 2.24) is 0 Å². The van der Waals surface area contributed by atoms with Gasteiger partial charge in [-0.3, -0.25) is 4.79 Å². The van der Waals surface area contributed by atoms with Crippen LogP contribution in [0.15, 0.2) is 60.7 Å². The van der Waals surface area contributed by atoms with Gasteiger partial charge in [-0.1, -0.05) is 114 Å². The molecule has 1 atom stereocenters. The van der Waals surface area contributed by atoms with E-state index in [2.05, 4.69) is 88.4 Å². The van der Waals surface area contributed by atoms with E-state index in [0.29, 0.717) is 25.2 Å². The molecule has 0 aromatic heterocycles. The zero-order chi connectivity index (χ0) is 24.9. The van der Waals surface area contributed by atoms with Gasteiger partial charge in [0.05, 0.1) is 0 Å². The van der Waals surface area contributed by atoms with Crippen LogP contribution >= 0.6 is 0 Å². The summed E-state index contributed by atoms with van der Waals surface area (Å²) in [6.07, 6.45) is 9.77. The van der Waals surface area contributed by atoms with Gasteiger partial charge >= 0.3 is 0 Å². The topological polar surface area (TPSA) is 46.5 Å².